The fraction of sp³-hybridized carbons (Fsp3) is 0.778. The molecule has 0 spiro atoms. The van der Waals surface area contributed by atoms with Crippen LogP contribution in [0.4, 0.5) is 0 Å². The predicted molar refractivity (Wildman–Crippen MR) is 51.9 cm³/mol. The maximum Gasteiger partial charge on any atom is 0.265 e. The summed E-state index contributed by atoms with van der Waals surface area (Å²) < 4.78 is 27.0. The zero-order chi connectivity index (χ0) is 10.1. The summed E-state index contributed by atoms with van der Waals surface area (Å²) in [7, 11) is -3.34. The molecular weight excluding hydrogens is 188 g/mol. The minimum Gasteiger partial charge on any atom is -0.259 e. The van der Waals surface area contributed by atoms with Crippen LogP contribution in [0.1, 0.15) is 26.7 Å². The minimum absolute atomic E-state index is 0.360. The summed E-state index contributed by atoms with van der Waals surface area (Å²) in [5.74, 6) is 0.360. The highest BCUT2D eigenvalue weighted by atomic mass is 32.2. The van der Waals surface area contributed by atoms with E-state index in [2.05, 4.69) is 0 Å². The van der Waals surface area contributed by atoms with Gasteiger partial charge in [0.05, 0.1) is 6.26 Å². The minimum atomic E-state index is -3.34. The molecule has 13 heavy (non-hydrogen) atoms. The first-order valence-electron chi connectivity index (χ1n) is 4.48. The SMILES string of the molecule is C/C=C/C1(OS(C)(=O)=O)CC1CC. The monoisotopic (exact) mass is 204 g/mol. The standard InChI is InChI=1S/C9H16O3S/c1-4-6-9(7-8(9)5-2)12-13(3,10)11/h4,6,8H,5,7H2,1-3H3/b6-4+. The van der Waals surface area contributed by atoms with Crippen LogP contribution in [0.3, 0.4) is 0 Å². The number of allylic oxidation sites excluding steroid dienone is 1. The zero-order valence-electron chi connectivity index (χ0n) is 8.28. The van der Waals surface area contributed by atoms with Crippen LogP contribution in [0.15, 0.2) is 12.2 Å². The normalized spacial score (nSPS) is 33.9. The topological polar surface area (TPSA) is 43.4 Å². The predicted octanol–water partition coefficient (Wildman–Crippen LogP) is 1.71. The van der Waals surface area contributed by atoms with Crippen molar-refractivity contribution in [2.24, 2.45) is 5.92 Å². The first-order chi connectivity index (χ1) is 5.93. The van der Waals surface area contributed by atoms with Crippen molar-refractivity contribution in [1.29, 1.82) is 0 Å². The lowest BCUT2D eigenvalue weighted by atomic mass is 10.2. The summed E-state index contributed by atoms with van der Waals surface area (Å²) in [6.45, 7) is 3.92. The van der Waals surface area contributed by atoms with Gasteiger partial charge in [-0.3, -0.25) is 4.18 Å². The Morgan fingerprint density at radius 2 is 2.23 bits per heavy atom. The highest BCUT2D eigenvalue weighted by Crippen LogP contribution is 2.50. The van der Waals surface area contributed by atoms with Crippen molar-refractivity contribution < 1.29 is 12.6 Å². The summed E-state index contributed by atoms with van der Waals surface area (Å²) >= 11 is 0. The maximum atomic E-state index is 11.0. The van der Waals surface area contributed by atoms with E-state index in [0.29, 0.717) is 5.92 Å². The summed E-state index contributed by atoms with van der Waals surface area (Å²) in [5.41, 5.74) is -0.517. The molecule has 0 aliphatic heterocycles. The van der Waals surface area contributed by atoms with E-state index in [9.17, 15) is 8.42 Å². The molecule has 0 aromatic rings. The summed E-state index contributed by atoms with van der Waals surface area (Å²) in [4.78, 5) is 0. The Labute approximate surface area is 79.9 Å². The van der Waals surface area contributed by atoms with Gasteiger partial charge in [0.2, 0.25) is 0 Å². The third-order valence-corrected chi connectivity index (χ3v) is 2.96. The molecule has 76 valence electrons. The fourth-order valence-corrected chi connectivity index (χ4v) is 2.54. The lowest BCUT2D eigenvalue weighted by Gasteiger charge is -2.11. The number of rotatable bonds is 4. The van der Waals surface area contributed by atoms with Gasteiger partial charge in [-0.1, -0.05) is 25.5 Å². The van der Waals surface area contributed by atoms with Gasteiger partial charge in [-0.2, -0.15) is 8.42 Å². The second kappa shape index (κ2) is 3.42. The molecule has 0 amide bonds. The van der Waals surface area contributed by atoms with Gasteiger partial charge in [0, 0.05) is 0 Å². The Balaban J connectivity index is 2.73. The lowest BCUT2D eigenvalue weighted by Crippen LogP contribution is -2.18. The molecule has 0 radical (unpaired) electrons. The smallest absolute Gasteiger partial charge is 0.259 e. The molecule has 1 rings (SSSR count). The molecule has 1 aliphatic rings. The molecular formula is C9H16O3S. The van der Waals surface area contributed by atoms with Crippen LogP contribution in [0.25, 0.3) is 0 Å². The van der Waals surface area contributed by atoms with Crippen LogP contribution in [0, 0.1) is 5.92 Å². The van der Waals surface area contributed by atoms with Crippen molar-refractivity contribution in [3.05, 3.63) is 12.2 Å². The van der Waals surface area contributed by atoms with E-state index < -0.39 is 15.7 Å². The van der Waals surface area contributed by atoms with Gasteiger partial charge in [-0.25, -0.2) is 0 Å². The van der Waals surface area contributed by atoms with Gasteiger partial charge in [0.25, 0.3) is 10.1 Å². The highest BCUT2D eigenvalue weighted by Gasteiger charge is 2.54. The van der Waals surface area contributed by atoms with Crippen molar-refractivity contribution in [2.45, 2.75) is 32.3 Å². The molecule has 0 saturated heterocycles. The Morgan fingerprint density at radius 3 is 2.54 bits per heavy atom. The van der Waals surface area contributed by atoms with E-state index in [1.165, 1.54) is 0 Å². The van der Waals surface area contributed by atoms with Crippen molar-refractivity contribution in [2.75, 3.05) is 6.26 Å². The molecule has 1 saturated carbocycles. The molecule has 0 heterocycles. The van der Waals surface area contributed by atoms with Crippen LogP contribution in [0.5, 0.6) is 0 Å². The van der Waals surface area contributed by atoms with E-state index >= 15 is 0 Å². The maximum absolute atomic E-state index is 11.0. The van der Waals surface area contributed by atoms with Gasteiger partial charge in [0.1, 0.15) is 5.60 Å². The summed E-state index contributed by atoms with van der Waals surface area (Å²) in [6.07, 6.45) is 6.58. The molecule has 1 fully saturated rings. The number of hydrogen-bond donors (Lipinski definition) is 0. The van der Waals surface area contributed by atoms with Gasteiger partial charge in [-0.05, 0) is 19.3 Å². The van der Waals surface area contributed by atoms with Gasteiger partial charge in [0.15, 0.2) is 0 Å². The van der Waals surface area contributed by atoms with E-state index in [1.54, 1.807) is 0 Å². The molecule has 2 atom stereocenters. The van der Waals surface area contributed by atoms with E-state index in [-0.39, 0.29) is 0 Å². The van der Waals surface area contributed by atoms with Crippen LogP contribution >= 0.6 is 0 Å². The Hall–Kier alpha value is -0.350. The average Bonchev–Trinajstić information content (AvgIpc) is 2.60. The van der Waals surface area contributed by atoms with Crippen molar-refractivity contribution in [3.8, 4) is 0 Å². The summed E-state index contributed by atoms with van der Waals surface area (Å²) in [6, 6.07) is 0. The van der Waals surface area contributed by atoms with Crippen LogP contribution in [-0.2, 0) is 14.3 Å². The van der Waals surface area contributed by atoms with Crippen molar-refractivity contribution >= 4 is 10.1 Å². The first-order valence-corrected chi connectivity index (χ1v) is 6.29. The molecule has 0 aromatic heterocycles. The summed E-state index contributed by atoms with van der Waals surface area (Å²) in [5, 5.41) is 0. The largest absolute Gasteiger partial charge is 0.265 e. The molecule has 4 heteroatoms. The van der Waals surface area contributed by atoms with Crippen molar-refractivity contribution in [3.63, 3.8) is 0 Å². The Morgan fingerprint density at radius 1 is 1.62 bits per heavy atom. The van der Waals surface area contributed by atoms with E-state index in [0.717, 1.165) is 19.1 Å². The Kier molecular flexibility index (Phi) is 2.82. The van der Waals surface area contributed by atoms with Gasteiger partial charge < -0.3 is 0 Å². The van der Waals surface area contributed by atoms with Crippen LogP contribution < -0.4 is 0 Å². The van der Waals surface area contributed by atoms with Gasteiger partial charge >= 0.3 is 0 Å². The van der Waals surface area contributed by atoms with Gasteiger partial charge in [-0.15, -0.1) is 0 Å². The second-order valence-corrected chi connectivity index (χ2v) is 5.13. The molecule has 1 aliphatic carbocycles. The lowest BCUT2D eigenvalue weighted by molar-refractivity contribution is 0.219. The highest BCUT2D eigenvalue weighted by molar-refractivity contribution is 7.86. The van der Waals surface area contributed by atoms with E-state index in [1.807, 2.05) is 26.0 Å². The third kappa shape index (κ3) is 2.54. The van der Waals surface area contributed by atoms with Crippen LogP contribution in [-0.4, -0.2) is 20.3 Å². The number of hydrogen-bond acceptors (Lipinski definition) is 3. The zero-order valence-corrected chi connectivity index (χ0v) is 9.10. The molecule has 0 aromatic carbocycles. The Bertz CT molecular complexity index is 305. The third-order valence-electron chi connectivity index (χ3n) is 2.34. The van der Waals surface area contributed by atoms with Crippen LogP contribution in [0.2, 0.25) is 0 Å². The fourth-order valence-electron chi connectivity index (χ4n) is 1.71. The van der Waals surface area contributed by atoms with Crippen molar-refractivity contribution in [1.82, 2.24) is 0 Å². The molecule has 2 unspecified atom stereocenters. The molecule has 0 bridgehead atoms. The quantitative estimate of drug-likeness (QED) is 0.517. The van der Waals surface area contributed by atoms with E-state index in [4.69, 9.17) is 4.18 Å². The second-order valence-electron chi connectivity index (χ2n) is 3.55. The first kappa shape index (κ1) is 10.7. The molecule has 3 nitrogen and oxygen atoms in total. The average molecular weight is 204 g/mol. The molecule has 0 N–H and O–H groups in total.